The monoisotopic (exact) mass is 482 g/mol. The number of aryl methyl sites for hydroxylation is 2. The number of nitrogens with one attached hydrogen (secondary N) is 3. The van der Waals surface area contributed by atoms with Gasteiger partial charge in [-0.25, -0.2) is 4.79 Å². The number of nitrogens with zero attached hydrogens (tertiary/aromatic N) is 1. The van der Waals surface area contributed by atoms with Crippen LogP contribution in [-0.4, -0.2) is 45.6 Å². The number of alkyl carbamates (subject to hydrolysis) is 1. The maximum atomic E-state index is 13.4. The molecule has 190 valence electrons. The smallest absolute Gasteiger partial charge is 0.408 e. The minimum Gasteiger partial charge on any atom is -0.447 e. The fourth-order valence-electron chi connectivity index (χ4n) is 5.02. The maximum Gasteiger partial charge on any atom is 0.408 e. The Labute approximate surface area is 207 Å². The average Bonchev–Trinajstić information content (AvgIpc) is 3.73. The first-order valence-corrected chi connectivity index (χ1v) is 12.8. The van der Waals surface area contributed by atoms with Crippen LogP contribution < -0.4 is 10.6 Å². The number of H-pyrrole nitrogens is 1. The lowest BCUT2D eigenvalue weighted by molar-refractivity contribution is -0.119. The molecule has 0 bridgehead atoms. The van der Waals surface area contributed by atoms with Gasteiger partial charge in [0.2, 0.25) is 5.91 Å². The summed E-state index contributed by atoms with van der Waals surface area (Å²) in [5.74, 6) is 0.873. The van der Waals surface area contributed by atoms with Crippen molar-refractivity contribution in [2.45, 2.75) is 84.5 Å². The van der Waals surface area contributed by atoms with Crippen molar-refractivity contribution in [1.29, 1.82) is 0 Å². The highest BCUT2D eigenvalue weighted by Gasteiger charge is 2.48. The van der Waals surface area contributed by atoms with Crippen LogP contribution in [0.3, 0.4) is 0 Å². The molecule has 0 unspecified atom stereocenters. The summed E-state index contributed by atoms with van der Waals surface area (Å²) in [6.07, 6.45) is 4.18. The molecule has 2 aliphatic rings. The average molecular weight is 483 g/mol. The first-order valence-electron chi connectivity index (χ1n) is 12.8. The molecule has 2 amide bonds. The van der Waals surface area contributed by atoms with Crippen LogP contribution in [0.4, 0.5) is 10.5 Å². The minimum atomic E-state index is -0.635. The van der Waals surface area contributed by atoms with E-state index in [1.807, 2.05) is 38.1 Å². The van der Waals surface area contributed by atoms with Crippen LogP contribution >= 0.6 is 0 Å². The van der Waals surface area contributed by atoms with Gasteiger partial charge in [0.05, 0.1) is 11.8 Å². The maximum absolute atomic E-state index is 13.4. The molecule has 1 aromatic heterocycles. The van der Waals surface area contributed by atoms with Crippen LogP contribution in [-0.2, 0) is 9.53 Å². The van der Waals surface area contributed by atoms with Crippen LogP contribution in [0.5, 0.6) is 0 Å². The van der Waals surface area contributed by atoms with Crippen molar-refractivity contribution in [1.82, 2.24) is 15.5 Å². The summed E-state index contributed by atoms with van der Waals surface area (Å²) >= 11 is 0. The van der Waals surface area contributed by atoms with Crippen molar-refractivity contribution in [3.63, 3.8) is 0 Å². The molecule has 0 saturated heterocycles. The zero-order chi connectivity index (χ0) is 25.1. The molecule has 3 atom stereocenters. The first kappa shape index (κ1) is 25.2. The Morgan fingerprint density at radius 3 is 2.23 bits per heavy atom. The molecule has 0 spiro atoms. The molecular weight excluding hydrogens is 444 g/mol. The second-order valence-electron chi connectivity index (χ2n) is 10.4. The lowest BCUT2D eigenvalue weighted by Gasteiger charge is -2.28. The highest BCUT2D eigenvalue weighted by atomic mass is 16.6. The number of aliphatic hydroxyl groups is 1. The van der Waals surface area contributed by atoms with Crippen molar-refractivity contribution in [3.8, 4) is 11.1 Å². The van der Waals surface area contributed by atoms with Gasteiger partial charge in [-0.3, -0.25) is 9.89 Å². The van der Waals surface area contributed by atoms with Gasteiger partial charge in [0, 0.05) is 16.9 Å². The number of rotatable bonds is 11. The highest BCUT2D eigenvalue weighted by Crippen LogP contribution is 2.51. The number of aromatic nitrogens is 2. The number of benzene rings is 1. The van der Waals surface area contributed by atoms with Gasteiger partial charge < -0.3 is 20.5 Å². The summed E-state index contributed by atoms with van der Waals surface area (Å²) in [6.45, 7) is 7.47. The number of ether oxygens (including phenoxy) is 1. The normalized spacial score (nSPS) is 18.1. The van der Waals surface area contributed by atoms with Gasteiger partial charge in [-0.05, 0) is 102 Å². The molecular formula is C27H38N4O4. The van der Waals surface area contributed by atoms with Crippen LogP contribution in [0, 0.1) is 31.6 Å². The topological polar surface area (TPSA) is 116 Å². The molecule has 2 aromatic rings. The summed E-state index contributed by atoms with van der Waals surface area (Å²) < 4.78 is 5.51. The molecule has 0 radical (unpaired) electrons. The van der Waals surface area contributed by atoms with E-state index in [9.17, 15) is 14.7 Å². The van der Waals surface area contributed by atoms with Gasteiger partial charge in [-0.1, -0.05) is 12.1 Å². The predicted octanol–water partition coefficient (Wildman–Crippen LogP) is 4.71. The Bertz CT molecular complexity index is 993. The largest absolute Gasteiger partial charge is 0.447 e. The second-order valence-corrected chi connectivity index (χ2v) is 10.4. The highest BCUT2D eigenvalue weighted by molar-refractivity contribution is 5.97. The minimum absolute atomic E-state index is 0.130. The molecule has 1 aromatic carbocycles. The third kappa shape index (κ3) is 6.63. The Morgan fingerprint density at radius 2 is 1.71 bits per heavy atom. The van der Waals surface area contributed by atoms with Crippen molar-refractivity contribution in [2.24, 2.45) is 17.8 Å². The van der Waals surface area contributed by atoms with E-state index < -0.39 is 18.2 Å². The van der Waals surface area contributed by atoms with Gasteiger partial charge in [-0.15, -0.1) is 0 Å². The first-order chi connectivity index (χ1) is 16.7. The quantitative estimate of drug-likeness (QED) is 0.370. The van der Waals surface area contributed by atoms with Crippen molar-refractivity contribution >= 4 is 17.7 Å². The Balaban J connectivity index is 1.44. The number of aromatic amines is 1. The Kier molecular flexibility index (Phi) is 7.79. The fraction of sp³-hybridized carbons (Fsp3) is 0.593. The summed E-state index contributed by atoms with van der Waals surface area (Å²) in [7, 11) is 0. The predicted molar refractivity (Wildman–Crippen MR) is 135 cm³/mol. The number of carbonyl (C=O) groups excluding carboxylic acids is 2. The van der Waals surface area contributed by atoms with E-state index in [1.54, 1.807) is 13.8 Å². The summed E-state index contributed by atoms with van der Waals surface area (Å²) in [4.78, 5) is 26.2. The Hall–Kier alpha value is -2.87. The zero-order valence-corrected chi connectivity index (χ0v) is 21.1. The van der Waals surface area contributed by atoms with E-state index in [0.29, 0.717) is 30.4 Å². The van der Waals surface area contributed by atoms with Crippen LogP contribution in [0.2, 0.25) is 0 Å². The van der Waals surface area contributed by atoms with Crippen molar-refractivity contribution < 1.29 is 19.4 Å². The number of hydrogen-bond donors (Lipinski definition) is 4. The van der Waals surface area contributed by atoms with Crippen LogP contribution in [0.1, 0.15) is 63.8 Å². The number of hydrogen-bond acceptors (Lipinski definition) is 5. The summed E-state index contributed by atoms with van der Waals surface area (Å²) in [5, 5.41) is 22.7. The van der Waals surface area contributed by atoms with E-state index in [2.05, 4.69) is 20.8 Å². The van der Waals surface area contributed by atoms with Gasteiger partial charge in [0.25, 0.3) is 0 Å². The Morgan fingerprint density at radius 1 is 1.09 bits per heavy atom. The van der Waals surface area contributed by atoms with Gasteiger partial charge in [0.15, 0.2) is 0 Å². The second kappa shape index (κ2) is 10.8. The van der Waals surface area contributed by atoms with Gasteiger partial charge in [-0.2, -0.15) is 5.10 Å². The van der Waals surface area contributed by atoms with Crippen molar-refractivity contribution in [3.05, 3.63) is 35.7 Å². The van der Waals surface area contributed by atoms with Crippen LogP contribution in [0.15, 0.2) is 24.3 Å². The number of carbonyl (C=O) groups is 2. The fourth-order valence-corrected chi connectivity index (χ4v) is 5.02. The van der Waals surface area contributed by atoms with Crippen LogP contribution in [0.25, 0.3) is 11.1 Å². The van der Waals surface area contributed by atoms with Gasteiger partial charge in [0.1, 0.15) is 12.1 Å². The lowest BCUT2D eigenvalue weighted by atomic mass is 9.88. The third-order valence-electron chi connectivity index (χ3n) is 7.14. The summed E-state index contributed by atoms with van der Waals surface area (Å²) in [5.41, 5.74) is 4.72. The molecule has 2 saturated carbocycles. The van der Waals surface area contributed by atoms with E-state index >= 15 is 0 Å². The molecule has 4 N–H and O–H groups in total. The number of aliphatic hydroxyl groups excluding tert-OH is 1. The molecule has 8 heteroatoms. The third-order valence-corrected chi connectivity index (χ3v) is 7.14. The van der Waals surface area contributed by atoms with E-state index in [4.69, 9.17) is 4.74 Å². The zero-order valence-electron chi connectivity index (χ0n) is 21.1. The number of anilines is 1. The molecule has 4 rings (SSSR count). The summed E-state index contributed by atoms with van der Waals surface area (Å²) in [6, 6.07) is 7.08. The molecule has 35 heavy (non-hydrogen) atoms. The SMILES string of the molecule is Cc1n[nH]c(C)c1-c1ccc(NC(=O)[C@@H](NC(=O)O[C@H](C)CC[C@@H](C)O)C(C2CC2)C2CC2)cc1. The number of amides is 2. The van der Waals surface area contributed by atoms with Crippen molar-refractivity contribution in [2.75, 3.05) is 5.32 Å². The molecule has 2 aliphatic carbocycles. The van der Waals surface area contributed by atoms with E-state index in [1.165, 1.54) is 0 Å². The molecule has 1 heterocycles. The molecule has 8 nitrogen and oxygen atoms in total. The standard InChI is InChI=1S/C27H38N4O4/c1-15(32)5-6-16(2)35-27(34)29-25(24(20-7-8-20)21-9-10-21)26(33)28-22-13-11-19(12-14-22)23-17(3)30-31-18(23)4/h11-16,20-21,24-25,32H,5-10H2,1-4H3,(H,28,33)(H,29,34)(H,30,31)/t15-,16-,25+/m1/s1. The van der Waals surface area contributed by atoms with Gasteiger partial charge >= 0.3 is 6.09 Å². The molecule has 2 fully saturated rings. The molecule has 0 aliphatic heterocycles. The lowest BCUT2D eigenvalue weighted by Crippen LogP contribution is -2.50. The van der Waals surface area contributed by atoms with E-state index in [-0.39, 0.29) is 17.9 Å². The van der Waals surface area contributed by atoms with E-state index in [0.717, 1.165) is 48.2 Å².